The van der Waals surface area contributed by atoms with Crippen molar-refractivity contribution in [1.29, 1.82) is 0 Å². The summed E-state index contributed by atoms with van der Waals surface area (Å²) in [4.78, 5) is 23.6. The zero-order valence-electron chi connectivity index (χ0n) is 13.3. The van der Waals surface area contributed by atoms with Crippen molar-refractivity contribution in [2.24, 2.45) is 0 Å². The largest absolute Gasteiger partial charge is 0.484 e. The quantitative estimate of drug-likeness (QED) is 0.690. The van der Waals surface area contributed by atoms with E-state index in [1.165, 1.54) is 0 Å². The maximum absolute atomic E-state index is 12.6. The van der Waals surface area contributed by atoms with Gasteiger partial charge in [-0.05, 0) is 36.6 Å². The van der Waals surface area contributed by atoms with E-state index in [9.17, 15) is 4.79 Å². The number of aromatic nitrogens is 2. The van der Waals surface area contributed by atoms with Crippen LogP contribution in [0.1, 0.15) is 10.4 Å². The highest BCUT2D eigenvalue weighted by Crippen LogP contribution is 2.17. The average molecular weight is 339 g/mol. The maximum Gasteiger partial charge on any atom is 0.267 e. The van der Waals surface area contributed by atoms with Crippen LogP contribution in [-0.4, -0.2) is 22.5 Å². The first-order valence-corrected chi connectivity index (χ1v) is 8.39. The third-order valence-corrected chi connectivity index (χ3v) is 4.23. The highest BCUT2D eigenvalue weighted by molar-refractivity contribution is 7.09. The van der Waals surface area contributed by atoms with E-state index in [2.05, 4.69) is 9.97 Å². The fourth-order valence-electron chi connectivity index (χ4n) is 2.12. The number of aryl methyl sites for hydroxylation is 1. The Labute approximate surface area is 144 Å². The molecule has 5 nitrogen and oxygen atoms in total. The summed E-state index contributed by atoms with van der Waals surface area (Å²) >= 11 is 1.59. The van der Waals surface area contributed by atoms with Crippen molar-refractivity contribution in [3.05, 3.63) is 70.7 Å². The molecule has 3 rings (SSSR count). The summed E-state index contributed by atoms with van der Waals surface area (Å²) < 4.78 is 5.60. The van der Waals surface area contributed by atoms with Crippen molar-refractivity contribution in [1.82, 2.24) is 9.97 Å². The molecule has 0 fully saturated rings. The number of hydrogen-bond donors (Lipinski definition) is 0. The molecule has 0 aliphatic heterocycles. The summed E-state index contributed by atoms with van der Waals surface area (Å²) in [6.45, 7) is 2.37. The highest BCUT2D eigenvalue weighted by atomic mass is 32.1. The normalized spacial score (nSPS) is 10.4. The molecule has 0 N–H and O–H groups in total. The van der Waals surface area contributed by atoms with Crippen LogP contribution in [0, 0.1) is 6.92 Å². The van der Waals surface area contributed by atoms with Crippen LogP contribution >= 0.6 is 11.3 Å². The van der Waals surface area contributed by atoms with Gasteiger partial charge in [0.25, 0.3) is 5.91 Å². The number of nitrogens with zero attached hydrogens (tertiary/aromatic N) is 3. The molecule has 0 aliphatic carbocycles. The first kappa shape index (κ1) is 16.1. The first-order valence-electron chi connectivity index (χ1n) is 7.51. The Kier molecular flexibility index (Phi) is 5.18. The number of benzene rings is 1. The second-order valence-corrected chi connectivity index (χ2v) is 6.24. The molecule has 1 aromatic carbocycles. The minimum Gasteiger partial charge on any atom is -0.484 e. The Hall–Kier alpha value is -2.73. The maximum atomic E-state index is 12.6. The van der Waals surface area contributed by atoms with Crippen LogP contribution in [0.15, 0.2) is 60.2 Å². The number of carbonyl (C=O) groups is 1. The van der Waals surface area contributed by atoms with Gasteiger partial charge in [-0.1, -0.05) is 23.8 Å². The van der Waals surface area contributed by atoms with Gasteiger partial charge >= 0.3 is 0 Å². The molecule has 1 amide bonds. The number of ether oxygens (including phenoxy) is 1. The molecule has 0 saturated carbocycles. The summed E-state index contributed by atoms with van der Waals surface area (Å²) in [5.41, 5.74) is 1.14. The molecule has 0 bridgehead atoms. The zero-order chi connectivity index (χ0) is 16.8. The third-order valence-electron chi connectivity index (χ3n) is 3.37. The summed E-state index contributed by atoms with van der Waals surface area (Å²) in [7, 11) is 0. The second kappa shape index (κ2) is 7.70. The van der Waals surface area contributed by atoms with E-state index in [-0.39, 0.29) is 12.5 Å². The lowest BCUT2D eigenvalue weighted by atomic mass is 10.2. The summed E-state index contributed by atoms with van der Waals surface area (Å²) in [5.74, 6) is 0.859. The van der Waals surface area contributed by atoms with Crippen LogP contribution in [0.2, 0.25) is 0 Å². The van der Waals surface area contributed by atoms with Crippen LogP contribution in [0.5, 0.6) is 5.75 Å². The highest BCUT2D eigenvalue weighted by Gasteiger charge is 2.19. The molecule has 2 heterocycles. The Morgan fingerprint density at radius 3 is 2.54 bits per heavy atom. The minimum absolute atomic E-state index is 0.0628. The molecule has 24 heavy (non-hydrogen) atoms. The molecule has 0 unspecified atom stereocenters. The standard InChI is InChI=1S/C18H17N3O2S/c1-14-5-7-15(8-6-14)23-13-17(22)21(12-16-4-2-11-24-16)18-19-9-3-10-20-18/h2-11H,12-13H2,1H3. The lowest BCUT2D eigenvalue weighted by molar-refractivity contribution is -0.120. The Balaban J connectivity index is 1.72. The lowest BCUT2D eigenvalue weighted by Gasteiger charge is -2.20. The molecule has 0 aliphatic rings. The topological polar surface area (TPSA) is 55.3 Å². The Morgan fingerprint density at radius 1 is 1.12 bits per heavy atom. The Morgan fingerprint density at radius 2 is 1.88 bits per heavy atom. The summed E-state index contributed by atoms with van der Waals surface area (Å²) in [5, 5.41) is 1.98. The molecule has 2 aromatic heterocycles. The molecular weight excluding hydrogens is 322 g/mol. The van der Waals surface area contributed by atoms with Crippen molar-refractivity contribution >= 4 is 23.2 Å². The molecule has 0 spiro atoms. The van der Waals surface area contributed by atoms with Crippen molar-refractivity contribution in [2.45, 2.75) is 13.5 Å². The number of anilines is 1. The lowest BCUT2D eigenvalue weighted by Crippen LogP contribution is -2.35. The van der Waals surface area contributed by atoms with Gasteiger partial charge in [0.05, 0.1) is 6.54 Å². The molecule has 6 heteroatoms. The van der Waals surface area contributed by atoms with Gasteiger partial charge in [-0.2, -0.15) is 0 Å². The predicted molar refractivity (Wildman–Crippen MR) is 94.2 cm³/mol. The van der Waals surface area contributed by atoms with Gasteiger partial charge in [0.2, 0.25) is 5.95 Å². The van der Waals surface area contributed by atoms with E-state index in [1.807, 2.05) is 48.7 Å². The third kappa shape index (κ3) is 4.17. The van der Waals surface area contributed by atoms with E-state index < -0.39 is 0 Å². The molecule has 3 aromatic rings. The van der Waals surface area contributed by atoms with Gasteiger partial charge in [-0.3, -0.25) is 9.69 Å². The van der Waals surface area contributed by atoms with Gasteiger partial charge in [-0.25, -0.2) is 9.97 Å². The van der Waals surface area contributed by atoms with Gasteiger partial charge in [-0.15, -0.1) is 11.3 Å². The van der Waals surface area contributed by atoms with Crippen LogP contribution in [0.3, 0.4) is 0 Å². The number of thiophene rings is 1. The summed E-state index contributed by atoms with van der Waals surface area (Å²) in [6.07, 6.45) is 3.25. The van der Waals surface area contributed by atoms with E-state index in [0.717, 1.165) is 10.4 Å². The average Bonchev–Trinajstić information content (AvgIpc) is 3.13. The van der Waals surface area contributed by atoms with E-state index in [4.69, 9.17) is 4.74 Å². The summed E-state index contributed by atoms with van der Waals surface area (Å²) in [6, 6.07) is 13.3. The van der Waals surface area contributed by atoms with Crippen LogP contribution in [-0.2, 0) is 11.3 Å². The number of amides is 1. The van der Waals surface area contributed by atoms with E-state index in [1.54, 1.807) is 34.7 Å². The van der Waals surface area contributed by atoms with Crippen molar-refractivity contribution in [3.8, 4) is 5.75 Å². The van der Waals surface area contributed by atoms with E-state index in [0.29, 0.717) is 18.2 Å². The molecule has 0 saturated heterocycles. The number of rotatable bonds is 6. The van der Waals surface area contributed by atoms with Crippen LogP contribution in [0.25, 0.3) is 0 Å². The smallest absolute Gasteiger partial charge is 0.267 e. The van der Waals surface area contributed by atoms with E-state index >= 15 is 0 Å². The number of carbonyl (C=O) groups excluding carboxylic acids is 1. The minimum atomic E-state index is -0.185. The second-order valence-electron chi connectivity index (χ2n) is 5.21. The van der Waals surface area contributed by atoms with Gasteiger partial charge in [0.1, 0.15) is 5.75 Å². The van der Waals surface area contributed by atoms with Gasteiger partial charge < -0.3 is 4.74 Å². The van der Waals surface area contributed by atoms with Crippen LogP contribution < -0.4 is 9.64 Å². The molecule has 0 radical (unpaired) electrons. The molecule has 0 atom stereocenters. The SMILES string of the molecule is Cc1ccc(OCC(=O)N(Cc2cccs2)c2ncccn2)cc1. The molecular formula is C18H17N3O2S. The fraction of sp³-hybridized carbons (Fsp3) is 0.167. The number of hydrogen-bond acceptors (Lipinski definition) is 5. The van der Waals surface area contributed by atoms with Gasteiger partial charge in [0.15, 0.2) is 6.61 Å². The van der Waals surface area contributed by atoms with Gasteiger partial charge in [0, 0.05) is 17.3 Å². The molecule has 122 valence electrons. The van der Waals surface area contributed by atoms with Crippen molar-refractivity contribution in [3.63, 3.8) is 0 Å². The first-order chi connectivity index (χ1) is 11.7. The van der Waals surface area contributed by atoms with Crippen molar-refractivity contribution in [2.75, 3.05) is 11.5 Å². The Bertz CT molecular complexity index is 774. The van der Waals surface area contributed by atoms with Crippen LogP contribution in [0.4, 0.5) is 5.95 Å². The zero-order valence-corrected chi connectivity index (χ0v) is 14.1. The van der Waals surface area contributed by atoms with Crippen molar-refractivity contribution < 1.29 is 9.53 Å². The predicted octanol–water partition coefficient (Wildman–Crippen LogP) is 3.46. The fourth-order valence-corrected chi connectivity index (χ4v) is 2.81. The monoisotopic (exact) mass is 339 g/mol.